The summed E-state index contributed by atoms with van der Waals surface area (Å²) in [5.74, 6) is -1.76. The van der Waals surface area contributed by atoms with Crippen LogP contribution in [-0.4, -0.2) is 33.9 Å². The van der Waals surface area contributed by atoms with Gasteiger partial charge < -0.3 is 19.8 Å². The molecule has 1 atom stereocenters. The lowest BCUT2D eigenvalue weighted by Gasteiger charge is -2.16. The van der Waals surface area contributed by atoms with E-state index in [1.54, 1.807) is 24.3 Å². The van der Waals surface area contributed by atoms with Gasteiger partial charge in [0.25, 0.3) is 0 Å². The summed E-state index contributed by atoms with van der Waals surface area (Å²) in [5.41, 5.74) is 0.749. The van der Waals surface area contributed by atoms with Gasteiger partial charge in [-0.3, -0.25) is 9.59 Å². The maximum atomic E-state index is 13.2. The highest BCUT2D eigenvalue weighted by Crippen LogP contribution is 2.29. The lowest BCUT2D eigenvalue weighted by atomic mass is 10.2. The minimum Gasteiger partial charge on any atom is -0.497 e. The molecule has 2 N–H and O–H groups in total. The third-order valence-corrected chi connectivity index (χ3v) is 6.72. The van der Waals surface area contributed by atoms with Crippen LogP contribution in [0, 0.1) is 5.82 Å². The molecule has 0 bridgehead atoms. The molecule has 3 rings (SSSR count). The first-order chi connectivity index (χ1) is 15.3. The van der Waals surface area contributed by atoms with Gasteiger partial charge in [0.05, 0.1) is 18.3 Å². The van der Waals surface area contributed by atoms with Gasteiger partial charge in [-0.05, 0) is 54.1 Å². The second-order valence-electron chi connectivity index (χ2n) is 6.74. The molecular formula is C22H21FN2O6S. The van der Waals surface area contributed by atoms with E-state index in [4.69, 9.17) is 9.15 Å². The lowest BCUT2D eigenvalue weighted by Crippen LogP contribution is -2.42. The Morgan fingerprint density at radius 1 is 1.00 bits per heavy atom. The Hall–Kier alpha value is -3.66. The van der Waals surface area contributed by atoms with Crippen molar-refractivity contribution in [2.24, 2.45) is 0 Å². The highest BCUT2D eigenvalue weighted by atomic mass is 32.2. The Morgan fingerprint density at radius 2 is 1.66 bits per heavy atom. The van der Waals surface area contributed by atoms with Crippen molar-refractivity contribution >= 4 is 21.7 Å². The zero-order valence-corrected chi connectivity index (χ0v) is 17.9. The third-order valence-electron chi connectivity index (χ3n) is 4.64. The van der Waals surface area contributed by atoms with Gasteiger partial charge in [0.2, 0.25) is 0 Å². The average Bonchev–Trinajstić information content (AvgIpc) is 3.32. The number of amides is 2. The zero-order chi connectivity index (χ0) is 23.1. The SMILES string of the molecule is COc1ccc(CNC(=O)C(=O)NC[C@H](c2ccco2)S(=O)(=O)c2ccc(F)cc2)cc1. The summed E-state index contributed by atoms with van der Waals surface area (Å²) in [7, 11) is -2.51. The largest absolute Gasteiger partial charge is 0.497 e. The van der Waals surface area contributed by atoms with E-state index in [-0.39, 0.29) is 17.2 Å². The van der Waals surface area contributed by atoms with Gasteiger partial charge in [0.15, 0.2) is 9.84 Å². The first-order valence-corrected chi connectivity index (χ1v) is 11.1. The molecule has 1 aromatic heterocycles. The van der Waals surface area contributed by atoms with Crippen LogP contribution in [0.15, 0.2) is 76.2 Å². The standard InChI is InChI=1S/C22H21FN2O6S/c1-30-17-8-4-15(5-9-17)13-24-21(26)22(27)25-14-20(19-3-2-12-31-19)32(28,29)18-10-6-16(23)7-11-18/h2-12,20H,13-14H2,1H3,(H,24,26)(H,25,27)/t20-/m1/s1. The highest BCUT2D eigenvalue weighted by Gasteiger charge is 2.32. The van der Waals surface area contributed by atoms with Gasteiger partial charge in [-0.25, -0.2) is 12.8 Å². The van der Waals surface area contributed by atoms with E-state index in [0.717, 1.165) is 29.8 Å². The van der Waals surface area contributed by atoms with Crippen molar-refractivity contribution in [3.05, 3.63) is 84.1 Å². The number of hydrogen-bond donors (Lipinski definition) is 2. The van der Waals surface area contributed by atoms with Crippen LogP contribution in [0.3, 0.4) is 0 Å². The number of ether oxygens (including phenoxy) is 1. The number of carbonyl (C=O) groups is 2. The molecule has 3 aromatic rings. The maximum Gasteiger partial charge on any atom is 0.309 e. The third kappa shape index (κ3) is 5.52. The van der Waals surface area contributed by atoms with Crippen LogP contribution in [-0.2, 0) is 26.0 Å². The zero-order valence-electron chi connectivity index (χ0n) is 17.1. The van der Waals surface area contributed by atoms with Crippen molar-refractivity contribution in [1.82, 2.24) is 10.6 Å². The second kappa shape index (κ2) is 10.1. The Bertz CT molecular complexity index is 1160. The number of nitrogens with one attached hydrogen (secondary N) is 2. The number of sulfone groups is 1. The quantitative estimate of drug-likeness (QED) is 0.394. The molecule has 1 heterocycles. The smallest absolute Gasteiger partial charge is 0.309 e. The maximum absolute atomic E-state index is 13.2. The Kier molecular flexibility index (Phi) is 7.26. The average molecular weight is 460 g/mol. The van der Waals surface area contributed by atoms with E-state index < -0.39 is 39.3 Å². The Morgan fingerprint density at radius 3 is 2.25 bits per heavy atom. The molecule has 0 radical (unpaired) electrons. The number of methoxy groups -OCH3 is 1. The van der Waals surface area contributed by atoms with E-state index in [0.29, 0.717) is 5.75 Å². The molecule has 0 saturated carbocycles. The molecule has 0 aliphatic carbocycles. The summed E-state index contributed by atoms with van der Waals surface area (Å²) in [6.45, 7) is -0.312. The molecule has 32 heavy (non-hydrogen) atoms. The molecular weight excluding hydrogens is 439 g/mol. The fourth-order valence-electron chi connectivity index (χ4n) is 2.90. The fraction of sp³-hybridized carbons (Fsp3) is 0.182. The molecule has 10 heteroatoms. The van der Waals surface area contributed by atoms with Gasteiger partial charge in [-0.1, -0.05) is 12.1 Å². The van der Waals surface area contributed by atoms with E-state index in [1.165, 1.54) is 25.5 Å². The Labute approximate surface area is 184 Å². The van der Waals surface area contributed by atoms with Crippen LogP contribution >= 0.6 is 0 Å². The van der Waals surface area contributed by atoms with Crippen LogP contribution in [0.25, 0.3) is 0 Å². The second-order valence-corrected chi connectivity index (χ2v) is 8.87. The Balaban J connectivity index is 1.66. The minimum atomic E-state index is -4.04. The van der Waals surface area contributed by atoms with E-state index in [1.807, 2.05) is 0 Å². The van der Waals surface area contributed by atoms with Crippen LogP contribution in [0.2, 0.25) is 0 Å². The first-order valence-electron chi connectivity index (χ1n) is 9.53. The molecule has 168 valence electrons. The molecule has 0 aliphatic heterocycles. The van der Waals surface area contributed by atoms with Crippen LogP contribution in [0.4, 0.5) is 4.39 Å². The summed E-state index contributed by atoms with van der Waals surface area (Å²) in [6.07, 6.45) is 1.30. The number of hydrogen-bond acceptors (Lipinski definition) is 6. The van der Waals surface area contributed by atoms with Gasteiger partial charge in [0, 0.05) is 13.1 Å². The van der Waals surface area contributed by atoms with Gasteiger partial charge >= 0.3 is 11.8 Å². The number of carbonyl (C=O) groups excluding carboxylic acids is 2. The topological polar surface area (TPSA) is 115 Å². The minimum absolute atomic E-state index is 0.0771. The van der Waals surface area contributed by atoms with Crippen LogP contribution in [0.5, 0.6) is 5.75 Å². The summed E-state index contributed by atoms with van der Waals surface area (Å²) in [5, 5.41) is 3.49. The van der Waals surface area contributed by atoms with E-state index in [2.05, 4.69) is 10.6 Å². The van der Waals surface area contributed by atoms with Gasteiger partial charge in [-0.2, -0.15) is 0 Å². The number of halogens is 1. The van der Waals surface area contributed by atoms with E-state index in [9.17, 15) is 22.4 Å². The van der Waals surface area contributed by atoms with Crippen molar-refractivity contribution < 1.29 is 31.6 Å². The van der Waals surface area contributed by atoms with E-state index >= 15 is 0 Å². The monoisotopic (exact) mass is 460 g/mol. The van der Waals surface area contributed by atoms with Crippen LogP contribution in [0.1, 0.15) is 16.6 Å². The number of furan rings is 1. The molecule has 0 spiro atoms. The highest BCUT2D eigenvalue weighted by molar-refractivity contribution is 7.91. The van der Waals surface area contributed by atoms with Crippen molar-refractivity contribution in [3.63, 3.8) is 0 Å². The lowest BCUT2D eigenvalue weighted by molar-refractivity contribution is -0.139. The molecule has 0 fully saturated rings. The van der Waals surface area contributed by atoms with Gasteiger partial charge in [0.1, 0.15) is 22.6 Å². The summed E-state index contributed by atoms with van der Waals surface area (Å²) >= 11 is 0. The first kappa shape index (κ1) is 23.0. The summed E-state index contributed by atoms with van der Waals surface area (Å²) < 4.78 is 49.6. The predicted octanol–water partition coefficient (Wildman–Crippen LogP) is 2.37. The molecule has 0 saturated heterocycles. The van der Waals surface area contributed by atoms with Crippen LogP contribution < -0.4 is 15.4 Å². The van der Waals surface area contributed by atoms with Crippen molar-refractivity contribution in [2.45, 2.75) is 16.7 Å². The number of benzene rings is 2. The fourth-order valence-corrected chi connectivity index (χ4v) is 4.48. The normalized spacial score (nSPS) is 12.1. The number of rotatable bonds is 8. The molecule has 8 nitrogen and oxygen atoms in total. The van der Waals surface area contributed by atoms with Crippen molar-refractivity contribution in [1.29, 1.82) is 0 Å². The molecule has 2 aromatic carbocycles. The summed E-state index contributed by atoms with van der Waals surface area (Å²) in [6, 6.07) is 14.2. The molecule has 0 unspecified atom stereocenters. The van der Waals surface area contributed by atoms with Crippen molar-refractivity contribution in [2.75, 3.05) is 13.7 Å². The van der Waals surface area contributed by atoms with Crippen molar-refractivity contribution in [3.8, 4) is 5.75 Å². The molecule has 0 aliphatic rings. The van der Waals surface area contributed by atoms with Gasteiger partial charge in [-0.15, -0.1) is 0 Å². The molecule has 2 amide bonds. The summed E-state index contributed by atoms with van der Waals surface area (Å²) in [4.78, 5) is 24.2. The predicted molar refractivity (Wildman–Crippen MR) is 113 cm³/mol.